The fourth-order valence-corrected chi connectivity index (χ4v) is 5.41. The summed E-state index contributed by atoms with van der Waals surface area (Å²) in [6.07, 6.45) is 3.43. The molecule has 3 aromatic rings. The lowest BCUT2D eigenvalue weighted by Gasteiger charge is -2.31. The summed E-state index contributed by atoms with van der Waals surface area (Å²) in [6.45, 7) is 8.11. The van der Waals surface area contributed by atoms with Gasteiger partial charge in [0.2, 0.25) is 11.8 Å². The number of thiophene rings is 1. The Balaban J connectivity index is 1.27. The van der Waals surface area contributed by atoms with Gasteiger partial charge in [0.25, 0.3) is 0 Å². The smallest absolute Gasteiger partial charge is 0.242 e. The quantitative estimate of drug-likeness (QED) is 0.562. The molecule has 4 heterocycles. The predicted molar refractivity (Wildman–Crippen MR) is 128 cm³/mol. The number of piperidine rings is 1. The van der Waals surface area contributed by atoms with Crippen molar-refractivity contribution in [1.29, 1.82) is 0 Å². The fourth-order valence-electron chi connectivity index (χ4n) is 4.66. The summed E-state index contributed by atoms with van der Waals surface area (Å²) < 4.78 is 7.18. The Morgan fingerprint density at radius 2 is 2.09 bits per heavy atom. The number of carbonyl (C=O) groups excluding carboxylic acids is 1. The van der Waals surface area contributed by atoms with Gasteiger partial charge < -0.3 is 10.1 Å². The van der Waals surface area contributed by atoms with Gasteiger partial charge >= 0.3 is 0 Å². The molecule has 32 heavy (non-hydrogen) atoms. The lowest BCUT2D eigenvalue weighted by atomic mass is 9.96. The summed E-state index contributed by atoms with van der Waals surface area (Å²) >= 11 is 1.83. The highest BCUT2D eigenvalue weighted by Gasteiger charge is 2.21. The van der Waals surface area contributed by atoms with E-state index < -0.39 is 0 Å². The second-order valence-electron chi connectivity index (χ2n) is 8.74. The topological polar surface area (TPSA) is 72.3 Å². The zero-order valence-electron chi connectivity index (χ0n) is 19.5. The van der Waals surface area contributed by atoms with Crippen molar-refractivity contribution >= 4 is 28.3 Å². The number of ether oxygens (including phenoxy) is 1. The van der Waals surface area contributed by atoms with Crippen molar-refractivity contribution in [2.24, 2.45) is 13.0 Å². The molecular formula is C24H33N5O2S. The van der Waals surface area contributed by atoms with Gasteiger partial charge in [-0.15, -0.1) is 16.4 Å². The molecular weight excluding hydrogens is 422 g/mol. The van der Waals surface area contributed by atoms with Crippen molar-refractivity contribution in [2.75, 3.05) is 26.7 Å². The molecule has 7 nitrogen and oxygen atoms in total. The Morgan fingerprint density at radius 3 is 2.78 bits per heavy atom. The average molecular weight is 456 g/mol. The first-order valence-electron chi connectivity index (χ1n) is 11.3. The van der Waals surface area contributed by atoms with Crippen LogP contribution in [0.5, 0.6) is 5.88 Å². The third-order valence-corrected chi connectivity index (χ3v) is 7.43. The first kappa shape index (κ1) is 22.7. The number of hydrogen-bond donors (Lipinski definition) is 1. The molecule has 1 amide bonds. The first-order chi connectivity index (χ1) is 15.5. The predicted octanol–water partition coefficient (Wildman–Crippen LogP) is 3.62. The van der Waals surface area contributed by atoms with Crippen LogP contribution in [0.15, 0.2) is 17.5 Å². The molecule has 0 radical (unpaired) electrons. The number of amides is 1. The number of methoxy groups -OCH3 is 1. The average Bonchev–Trinajstić information content (AvgIpc) is 3.40. The molecule has 1 N–H and O–H groups in total. The number of aryl methyl sites for hydroxylation is 3. The molecule has 0 bridgehead atoms. The molecule has 1 fully saturated rings. The van der Waals surface area contributed by atoms with E-state index in [2.05, 4.69) is 39.8 Å². The highest BCUT2D eigenvalue weighted by molar-refractivity contribution is 7.09. The zero-order chi connectivity index (χ0) is 22.7. The molecule has 0 saturated carbocycles. The Morgan fingerprint density at radius 1 is 1.31 bits per heavy atom. The Bertz CT molecular complexity index is 1070. The maximum Gasteiger partial charge on any atom is 0.242 e. The van der Waals surface area contributed by atoms with E-state index in [1.165, 1.54) is 4.88 Å². The van der Waals surface area contributed by atoms with E-state index >= 15 is 0 Å². The maximum atomic E-state index is 12.6. The number of rotatable bonds is 8. The van der Waals surface area contributed by atoms with Crippen LogP contribution in [0, 0.1) is 19.8 Å². The Hall–Kier alpha value is -2.45. The van der Waals surface area contributed by atoms with Gasteiger partial charge in [0.05, 0.1) is 12.5 Å². The lowest BCUT2D eigenvalue weighted by molar-refractivity contribution is -0.121. The molecule has 0 atom stereocenters. The van der Waals surface area contributed by atoms with E-state index in [4.69, 9.17) is 9.72 Å². The second-order valence-corrected chi connectivity index (χ2v) is 9.77. The van der Waals surface area contributed by atoms with E-state index in [1.54, 1.807) is 11.8 Å². The number of hydrogen-bond acceptors (Lipinski definition) is 6. The minimum atomic E-state index is 0.114. The zero-order valence-corrected chi connectivity index (χ0v) is 20.3. The maximum absolute atomic E-state index is 12.6. The number of pyridine rings is 1. The molecule has 3 aromatic heterocycles. The lowest BCUT2D eigenvalue weighted by Crippen LogP contribution is -2.38. The number of aromatic nitrogens is 3. The molecule has 0 aromatic carbocycles. The van der Waals surface area contributed by atoms with Crippen molar-refractivity contribution in [2.45, 2.75) is 46.1 Å². The van der Waals surface area contributed by atoms with E-state index in [1.807, 2.05) is 25.3 Å². The normalized spacial score (nSPS) is 15.4. The van der Waals surface area contributed by atoms with Gasteiger partial charge in [-0.05, 0) is 74.7 Å². The molecule has 0 spiro atoms. The van der Waals surface area contributed by atoms with Gasteiger partial charge in [-0.1, -0.05) is 6.07 Å². The highest BCUT2D eigenvalue weighted by Crippen LogP contribution is 2.30. The number of nitrogens with zero attached hydrogens (tertiary/aromatic N) is 4. The van der Waals surface area contributed by atoms with Gasteiger partial charge in [-0.2, -0.15) is 0 Å². The number of likely N-dealkylation sites (tertiary alicyclic amines) is 1. The van der Waals surface area contributed by atoms with Crippen LogP contribution in [0.2, 0.25) is 0 Å². The molecule has 172 valence electrons. The molecule has 1 saturated heterocycles. The Kier molecular flexibility index (Phi) is 7.10. The van der Waals surface area contributed by atoms with Crippen molar-refractivity contribution in [3.63, 3.8) is 0 Å². The largest absolute Gasteiger partial charge is 0.479 e. The van der Waals surface area contributed by atoms with Gasteiger partial charge in [0, 0.05) is 37.1 Å². The van der Waals surface area contributed by atoms with Gasteiger partial charge in [0.15, 0.2) is 5.65 Å². The third-order valence-electron chi connectivity index (χ3n) is 6.57. The molecule has 4 rings (SSSR count). The Labute approximate surface area is 193 Å². The van der Waals surface area contributed by atoms with Gasteiger partial charge in [0.1, 0.15) is 0 Å². The number of fused-ring (bicyclic) bond motifs is 1. The standard InChI is InChI=1S/C24H33N5O2S/c1-16-20(17(2)26-23-22(16)24(31-4)27-28(23)3)7-8-21(30)25-14-18-9-11-29(12-10-18)15-19-6-5-13-32-19/h5-6,13,18H,7-12,14-15H2,1-4H3,(H,25,30). The minimum Gasteiger partial charge on any atom is -0.479 e. The molecule has 1 aliphatic rings. The van der Waals surface area contributed by atoms with Crippen molar-refractivity contribution in [3.05, 3.63) is 39.2 Å². The van der Waals surface area contributed by atoms with Gasteiger partial charge in [-0.3, -0.25) is 9.69 Å². The van der Waals surface area contributed by atoms with Crippen molar-refractivity contribution < 1.29 is 9.53 Å². The number of nitrogens with one attached hydrogen (secondary N) is 1. The van der Waals surface area contributed by atoms with Crippen LogP contribution < -0.4 is 10.1 Å². The summed E-state index contributed by atoms with van der Waals surface area (Å²) in [5, 5.41) is 10.6. The number of carbonyl (C=O) groups is 1. The summed E-state index contributed by atoms with van der Waals surface area (Å²) in [5.74, 6) is 1.27. The van der Waals surface area contributed by atoms with Crippen LogP contribution in [0.1, 0.15) is 41.0 Å². The summed E-state index contributed by atoms with van der Waals surface area (Å²) in [7, 11) is 3.50. The van der Waals surface area contributed by atoms with E-state index in [0.29, 0.717) is 24.6 Å². The van der Waals surface area contributed by atoms with Crippen LogP contribution in [0.4, 0.5) is 0 Å². The first-order valence-corrected chi connectivity index (χ1v) is 12.2. The van der Waals surface area contributed by atoms with Crippen LogP contribution in [0.3, 0.4) is 0 Å². The highest BCUT2D eigenvalue weighted by atomic mass is 32.1. The second kappa shape index (κ2) is 10.0. The fraction of sp³-hybridized carbons (Fsp3) is 0.542. The van der Waals surface area contributed by atoms with Gasteiger partial charge in [-0.25, -0.2) is 9.67 Å². The van der Waals surface area contributed by atoms with E-state index in [-0.39, 0.29) is 5.91 Å². The summed E-state index contributed by atoms with van der Waals surface area (Å²) in [6, 6.07) is 4.32. The monoisotopic (exact) mass is 455 g/mol. The molecule has 8 heteroatoms. The van der Waals surface area contributed by atoms with Crippen molar-refractivity contribution in [1.82, 2.24) is 25.0 Å². The molecule has 0 unspecified atom stereocenters. The van der Waals surface area contributed by atoms with Crippen LogP contribution in [-0.4, -0.2) is 52.3 Å². The SMILES string of the molecule is COc1nn(C)c2nc(C)c(CCC(=O)NCC3CCN(Cc4cccs4)CC3)c(C)c12. The summed E-state index contributed by atoms with van der Waals surface area (Å²) in [5.41, 5.74) is 3.98. The third kappa shape index (κ3) is 4.96. The summed E-state index contributed by atoms with van der Waals surface area (Å²) in [4.78, 5) is 21.2. The van der Waals surface area contributed by atoms with Crippen LogP contribution in [-0.2, 0) is 24.8 Å². The van der Waals surface area contributed by atoms with E-state index in [0.717, 1.165) is 66.9 Å². The van der Waals surface area contributed by atoms with Crippen LogP contribution >= 0.6 is 11.3 Å². The van der Waals surface area contributed by atoms with E-state index in [9.17, 15) is 4.79 Å². The van der Waals surface area contributed by atoms with Crippen LogP contribution in [0.25, 0.3) is 11.0 Å². The molecule has 0 aliphatic carbocycles. The molecule has 1 aliphatic heterocycles. The minimum absolute atomic E-state index is 0.114. The van der Waals surface area contributed by atoms with Crippen molar-refractivity contribution in [3.8, 4) is 5.88 Å².